The predicted octanol–water partition coefficient (Wildman–Crippen LogP) is 3.64. The quantitative estimate of drug-likeness (QED) is 0.922. The lowest BCUT2D eigenvalue weighted by atomic mass is 9.96. The number of methoxy groups -OCH3 is 1. The van der Waals surface area contributed by atoms with E-state index in [-0.39, 0.29) is 5.22 Å². The van der Waals surface area contributed by atoms with E-state index in [1.54, 1.807) is 13.2 Å². The second kappa shape index (κ2) is 5.04. The highest BCUT2D eigenvalue weighted by atomic mass is 35.5. The fourth-order valence-electron chi connectivity index (χ4n) is 2.11. The van der Waals surface area contributed by atoms with Crippen LogP contribution in [0.15, 0.2) is 28.9 Å². The molecule has 0 saturated heterocycles. The van der Waals surface area contributed by atoms with Gasteiger partial charge in [-0.1, -0.05) is 6.07 Å². The molecule has 0 spiro atoms. The van der Waals surface area contributed by atoms with Crippen LogP contribution in [0.1, 0.15) is 28.4 Å². The van der Waals surface area contributed by atoms with E-state index in [2.05, 4.69) is 0 Å². The van der Waals surface area contributed by atoms with E-state index in [1.807, 2.05) is 26.0 Å². The molecule has 18 heavy (non-hydrogen) atoms. The number of rotatable bonds is 3. The van der Waals surface area contributed by atoms with Crippen LogP contribution in [0.25, 0.3) is 0 Å². The van der Waals surface area contributed by atoms with Crippen molar-refractivity contribution in [3.05, 3.63) is 51.9 Å². The van der Waals surface area contributed by atoms with E-state index in [9.17, 15) is 5.11 Å². The SMILES string of the molecule is COc1cc(C)cc(C)c1C(O)c1ccoc1Cl. The zero-order chi connectivity index (χ0) is 13.3. The number of furan rings is 1. The minimum Gasteiger partial charge on any atom is -0.496 e. The highest BCUT2D eigenvalue weighted by molar-refractivity contribution is 6.29. The summed E-state index contributed by atoms with van der Waals surface area (Å²) in [6.45, 7) is 3.92. The van der Waals surface area contributed by atoms with Crippen molar-refractivity contribution in [1.82, 2.24) is 0 Å². The first kappa shape index (κ1) is 13.0. The summed E-state index contributed by atoms with van der Waals surface area (Å²) in [6.07, 6.45) is 0.600. The number of benzene rings is 1. The van der Waals surface area contributed by atoms with Gasteiger partial charge in [0, 0.05) is 11.1 Å². The first-order valence-electron chi connectivity index (χ1n) is 5.60. The summed E-state index contributed by atoms with van der Waals surface area (Å²) in [5, 5.41) is 10.6. The number of aliphatic hydroxyl groups is 1. The molecular weight excluding hydrogens is 252 g/mol. The van der Waals surface area contributed by atoms with Crippen LogP contribution < -0.4 is 4.74 Å². The first-order valence-corrected chi connectivity index (χ1v) is 5.98. The molecule has 1 unspecified atom stereocenters. The molecule has 0 fully saturated rings. The summed E-state index contributed by atoms with van der Waals surface area (Å²) in [5.41, 5.74) is 3.29. The van der Waals surface area contributed by atoms with Crippen molar-refractivity contribution >= 4 is 11.6 Å². The summed E-state index contributed by atoms with van der Waals surface area (Å²) in [6, 6.07) is 5.54. The van der Waals surface area contributed by atoms with Crippen molar-refractivity contribution in [2.45, 2.75) is 20.0 Å². The average Bonchev–Trinajstić information content (AvgIpc) is 2.73. The Labute approximate surface area is 111 Å². The van der Waals surface area contributed by atoms with E-state index in [0.717, 1.165) is 11.1 Å². The Bertz CT molecular complexity index is 560. The Morgan fingerprint density at radius 1 is 1.33 bits per heavy atom. The Morgan fingerprint density at radius 2 is 2.06 bits per heavy atom. The Balaban J connectivity index is 2.54. The Morgan fingerprint density at radius 3 is 2.61 bits per heavy atom. The summed E-state index contributed by atoms with van der Waals surface area (Å²) in [4.78, 5) is 0. The molecule has 1 N–H and O–H groups in total. The van der Waals surface area contributed by atoms with Crippen molar-refractivity contribution in [2.75, 3.05) is 7.11 Å². The molecular formula is C14H15ClO3. The number of aryl methyl sites for hydroxylation is 2. The fraction of sp³-hybridized carbons (Fsp3) is 0.286. The van der Waals surface area contributed by atoms with Gasteiger partial charge >= 0.3 is 0 Å². The maximum atomic E-state index is 10.4. The molecule has 0 radical (unpaired) electrons. The van der Waals surface area contributed by atoms with Crippen LogP contribution in [0.2, 0.25) is 5.22 Å². The molecule has 0 saturated carbocycles. The molecule has 0 aliphatic carbocycles. The standard InChI is InChI=1S/C14H15ClO3/c1-8-6-9(2)12(11(7-8)17-3)13(16)10-4-5-18-14(10)15/h4-7,13,16H,1-3H3. The summed E-state index contributed by atoms with van der Waals surface area (Å²) >= 11 is 5.90. The van der Waals surface area contributed by atoms with Crippen LogP contribution in [0.4, 0.5) is 0 Å². The lowest BCUT2D eigenvalue weighted by molar-refractivity contribution is 0.213. The number of hydrogen-bond donors (Lipinski definition) is 1. The maximum Gasteiger partial charge on any atom is 0.199 e. The highest BCUT2D eigenvalue weighted by Gasteiger charge is 2.22. The van der Waals surface area contributed by atoms with Gasteiger partial charge in [0.25, 0.3) is 0 Å². The van der Waals surface area contributed by atoms with Crippen LogP contribution >= 0.6 is 11.6 Å². The van der Waals surface area contributed by atoms with Crippen molar-refractivity contribution in [3.63, 3.8) is 0 Å². The number of halogens is 1. The normalized spacial score (nSPS) is 12.5. The minimum absolute atomic E-state index is 0.199. The summed E-state index contributed by atoms with van der Waals surface area (Å²) in [7, 11) is 1.58. The lowest BCUT2D eigenvalue weighted by Gasteiger charge is -2.17. The van der Waals surface area contributed by atoms with Crippen molar-refractivity contribution in [3.8, 4) is 5.75 Å². The molecule has 1 aromatic carbocycles. The molecule has 2 aromatic rings. The molecule has 2 rings (SSSR count). The third-order valence-corrected chi connectivity index (χ3v) is 3.23. The molecule has 96 valence electrons. The van der Waals surface area contributed by atoms with Gasteiger partial charge in [0.15, 0.2) is 5.22 Å². The monoisotopic (exact) mass is 266 g/mol. The van der Waals surface area contributed by atoms with Crippen LogP contribution in [0.3, 0.4) is 0 Å². The molecule has 1 heterocycles. The third-order valence-electron chi connectivity index (χ3n) is 2.93. The van der Waals surface area contributed by atoms with Crippen LogP contribution in [-0.2, 0) is 0 Å². The van der Waals surface area contributed by atoms with Crippen molar-refractivity contribution in [1.29, 1.82) is 0 Å². The molecule has 1 atom stereocenters. The molecule has 0 bridgehead atoms. The van der Waals surface area contributed by atoms with Crippen molar-refractivity contribution in [2.24, 2.45) is 0 Å². The van der Waals surface area contributed by atoms with Gasteiger partial charge in [-0.2, -0.15) is 0 Å². The summed E-state index contributed by atoms with van der Waals surface area (Å²) < 4.78 is 10.3. The second-order valence-electron chi connectivity index (χ2n) is 4.25. The van der Waals surface area contributed by atoms with Gasteiger partial charge in [-0.3, -0.25) is 0 Å². The first-order chi connectivity index (χ1) is 8.54. The molecule has 1 aromatic heterocycles. The van der Waals surface area contributed by atoms with E-state index in [1.165, 1.54) is 6.26 Å². The van der Waals surface area contributed by atoms with E-state index >= 15 is 0 Å². The second-order valence-corrected chi connectivity index (χ2v) is 4.59. The van der Waals surface area contributed by atoms with Gasteiger partial charge in [-0.05, 0) is 48.7 Å². The lowest BCUT2D eigenvalue weighted by Crippen LogP contribution is -2.05. The largest absolute Gasteiger partial charge is 0.496 e. The molecule has 4 heteroatoms. The van der Waals surface area contributed by atoms with Gasteiger partial charge in [-0.25, -0.2) is 0 Å². The Kier molecular flexibility index (Phi) is 3.64. The third kappa shape index (κ3) is 2.24. The Hall–Kier alpha value is -1.45. The van der Waals surface area contributed by atoms with Gasteiger partial charge < -0.3 is 14.3 Å². The maximum absolute atomic E-state index is 10.4. The van der Waals surface area contributed by atoms with Crippen LogP contribution in [-0.4, -0.2) is 12.2 Å². The fourth-order valence-corrected chi connectivity index (χ4v) is 2.33. The molecule has 0 amide bonds. The number of hydrogen-bond acceptors (Lipinski definition) is 3. The van der Waals surface area contributed by atoms with E-state index in [0.29, 0.717) is 16.9 Å². The molecule has 3 nitrogen and oxygen atoms in total. The van der Waals surface area contributed by atoms with Gasteiger partial charge in [0.1, 0.15) is 11.9 Å². The highest BCUT2D eigenvalue weighted by Crippen LogP contribution is 2.36. The average molecular weight is 267 g/mol. The smallest absolute Gasteiger partial charge is 0.199 e. The van der Waals surface area contributed by atoms with E-state index < -0.39 is 6.10 Å². The van der Waals surface area contributed by atoms with E-state index in [4.69, 9.17) is 20.8 Å². The summed E-state index contributed by atoms with van der Waals surface area (Å²) in [5.74, 6) is 0.650. The predicted molar refractivity (Wildman–Crippen MR) is 70.2 cm³/mol. The van der Waals surface area contributed by atoms with Crippen LogP contribution in [0, 0.1) is 13.8 Å². The molecule has 0 aliphatic rings. The topological polar surface area (TPSA) is 42.6 Å². The van der Waals surface area contributed by atoms with Gasteiger partial charge in [0.05, 0.1) is 13.4 Å². The van der Waals surface area contributed by atoms with Gasteiger partial charge in [0.2, 0.25) is 0 Å². The number of aliphatic hydroxyl groups excluding tert-OH is 1. The minimum atomic E-state index is -0.855. The van der Waals surface area contributed by atoms with Crippen molar-refractivity contribution < 1.29 is 14.3 Å². The van der Waals surface area contributed by atoms with Crippen LogP contribution in [0.5, 0.6) is 5.75 Å². The van der Waals surface area contributed by atoms with Gasteiger partial charge in [-0.15, -0.1) is 0 Å². The number of ether oxygens (including phenoxy) is 1. The molecule has 0 aliphatic heterocycles. The zero-order valence-corrected chi connectivity index (χ0v) is 11.3. The zero-order valence-electron chi connectivity index (χ0n) is 10.5.